The number of rotatable bonds is 8. The lowest BCUT2D eigenvalue weighted by Gasteiger charge is -2.14. The highest BCUT2D eigenvalue weighted by Crippen LogP contribution is 2.20. The molecule has 5 heteroatoms. The fourth-order valence-electron chi connectivity index (χ4n) is 2.30. The van der Waals surface area contributed by atoms with Crippen molar-refractivity contribution in [2.75, 3.05) is 6.61 Å². The van der Waals surface area contributed by atoms with Crippen molar-refractivity contribution in [3.8, 4) is 11.5 Å². The summed E-state index contributed by atoms with van der Waals surface area (Å²) in [5.74, 6) is 1.23. The van der Waals surface area contributed by atoms with Crippen LogP contribution in [0.2, 0.25) is 0 Å². The predicted molar refractivity (Wildman–Crippen MR) is 104 cm³/mol. The first-order valence-corrected chi connectivity index (χ1v) is 8.84. The van der Waals surface area contributed by atoms with E-state index in [1.807, 2.05) is 52.0 Å². The standard InChI is InChI=1S/C21H26N2O3/c1-5-14-25-18-12-10-17(11-13-18)21(24)23-22-16(4)19-8-6-7-9-20(19)26-15(2)3/h6-13,15H,5,14H2,1-4H3,(H,23,24)/b22-16-. The molecule has 138 valence electrons. The summed E-state index contributed by atoms with van der Waals surface area (Å²) < 4.78 is 11.3. The molecule has 1 amide bonds. The van der Waals surface area contributed by atoms with Crippen LogP contribution < -0.4 is 14.9 Å². The first kappa shape index (κ1) is 19.5. The van der Waals surface area contributed by atoms with Gasteiger partial charge < -0.3 is 9.47 Å². The van der Waals surface area contributed by atoms with Gasteiger partial charge in [0, 0.05) is 11.1 Å². The number of ether oxygens (including phenoxy) is 2. The van der Waals surface area contributed by atoms with Crippen LogP contribution in [-0.4, -0.2) is 24.3 Å². The number of nitrogens with zero attached hydrogens (tertiary/aromatic N) is 1. The van der Waals surface area contributed by atoms with Gasteiger partial charge in [-0.25, -0.2) is 5.43 Å². The van der Waals surface area contributed by atoms with Crippen LogP contribution in [0.1, 0.15) is 50.0 Å². The molecule has 2 aromatic rings. The topological polar surface area (TPSA) is 59.9 Å². The molecule has 0 bridgehead atoms. The minimum Gasteiger partial charge on any atom is -0.494 e. The maximum atomic E-state index is 12.3. The molecule has 0 aromatic heterocycles. The Labute approximate surface area is 155 Å². The third-order valence-corrected chi connectivity index (χ3v) is 3.55. The van der Waals surface area contributed by atoms with Crippen LogP contribution in [0, 0.1) is 0 Å². The zero-order valence-electron chi connectivity index (χ0n) is 15.8. The molecule has 0 aliphatic rings. The summed E-state index contributed by atoms with van der Waals surface area (Å²) in [6.45, 7) is 8.49. The number of benzene rings is 2. The number of carbonyl (C=O) groups is 1. The van der Waals surface area contributed by atoms with E-state index in [0.29, 0.717) is 17.9 Å². The van der Waals surface area contributed by atoms with E-state index in [1.165, 1.54) is 0 Å². The molecule has 0 saturated heterocycles. The van der Waals surface area contributed by atoms with Gasteiger partial charge in [-0.3, -0.25) is 4.79 Å². The van der Waals surface area contributed by atoms with E-state index in [1.54, 1.807) is 24.3 Å². The Morgan fingerprint density at radius 1 is 1.12 bits per heavy atom. The zero-order chi connectivity index (χ0) is 18.9. The summed E-state index contributed by atoms with van der Waals surface area (Å²) in [5.41, 5.74) is 4.65. The van der Waals surface area contributed by atoms with Crippen molar-refractivity contribution in [1.29, 1.82) is 0 Å². The molecular weight excluding hydrogens is 328 g/mol. The average Bonchev–Trinajstić information content (AvgIpc) is 2.64. The minimum atomic E-state index is -0.270. The molecule has 0 radical (unpaired) electrons. The van der Waals surface area contributed by atoms with E-state index in [4.69, 9.17) is 9.47 Å². The quantitative estimate of drug-likeness (QED) is 0.564. The molecule has 0 saturated carbocycles. The van der Waals surface area contributed by atoms with Crippen molar-refractivity contribution < 1.29 is 14.3 Å². The number of hydrazone groups is 1. The van der Waals surface area contributed by atoms with Crippen LogP contribution in [0.3, 0.4) is 0 Å². The molecule has 0 unspecified atom stereocenters. The Morgan fingerprint density at radius 2 is 1.81 bits per heavy atom. The highest BCUT2D eigenvalue weighted by molar-refractivity contribution is 6.02. The Balaban J connectivity index is 2.05. The van der Waals surface area contributed by atoms with Crippen LogP contribution >= 0.6 is 0 Å². The smallest absolute Gasteiger partial charge is 0.271 e. The van der Waals surface area contributed by atoms with Crippen LogP contribution in [0.4, 0.5) is 0 Å². The van der Waals surface area contributed by atoms with E-state index >= 15 is 0 Å². The summed E-state index contributed by atoms with van der Waals surface area (Å²) in [6, 6.07) is 14.7. The van der Waals surface area contributed by atoms with Gasteiger partial charge in [0.05, 0.1) is 18.4 Å². The number of nitrogens with one attached hydrogen (secondary N) is 1. The predicted octanol–water partition coefficient (Wildman–Crippen LogP) is 4.42. The van der Waals surface area contributed by atoms with Gasteiger partial charge >= 0.3 is 0 Å². The van der Waals surface area contributed by atoms with Crippen LogP contribution in [-0.2, 0) is 0 Å². The number of carbonyl (C=O) groups excluding carboxylic acids is 1. The minimum absolute atomic E-state index is 0.0620. The zero-order valence-corrected chi connectivity index (χ0v) is 15.8. The molecular formula is C21H26N2O3. The average molecular weight is 354 g/mol. The third kappa shape index (κ3) is 5.62. The third-order valence-electron chi connectivity index (χ3n) is 3.55. The van der Waals surface area contributed by atoms with E-state index in [0.717, 1.165) is 23.5 Å². The van der Waals surface area contributed by atoms with E-state index in [2.05, 4.69) is 10.5 Å². The van der Waals surface area contributed by atoms with Gasteiger partial charge in [-0.1, -0.05) is 19.1 Å². The Bertz CT molecular complexity index is 752. The fraction of sp³-hybridized carbons (Fsp3) is 0.333. The van der Waals surface area contributed by atoms with Crippen LogP contribution in [0.25, 0.3) is 0 Å². The first-order valence-electron chi connectivity index (χ1n) is 8.84. The van der Waals surface area contributed by atoms with Crippen molar-refractivity contribution >= 4 is 11.6 Å². The first-order chi connectivity index (χ1) is 12.5. The molecule has 26 heavy (non-hydrogen) atoms. The maximum Gasteiger partial charge on any atom is 0.271 e. The Kier molecular flexibility index (Phi) is 7.21. The van der Waals surface area contributed by atoms with Gasteiger partial charge in [0.25, 0.3) is 5.91 Å². The second-order valence-electron chi connectivity index (χ2n) is 6.17. The molecule has 0 spiro atoms. The Hall–Kier alpha value is -2.82. The monoisotopic (exact) mass is 354 g/mol. The molecule has 0 fully saturated rings. The summed E-state index contributed by atoms with van der Waals surface area (Å²) in [4.78, 5) is 12.3. The second-order valence-corrected chi connectivity index (χ2v) is 6.17. The van der Waals surface area contributed by atoms with Crippen LogP contribution in [0.5, 0.6) is 11.5 Å². The molecule has 5 nitrogen and oxygen atoms in total. The molecule has 0 aliphatic heterocycles. The number of hydrogen-bond acceptors (Lipinski definition) is 4. The van der Waals surface area contributed by atoms with Gasteiger partial charge in [-0.05, 0) is 63.6 Å². The van der Waals surface area contributed by atoms with Gasteiger partial charge in [-0.15, -0.1) is 0 Å². The lowest BCUT2D eigenvalue weighted by Crippen LogP contribution is -2.19. The molecule has 2 aromatic carbocycles. The fourth-order valence-corrected chi connectivity index (χ4v) is 2.30. The van der Waals surface area contributed by atoms with Crippen molar-refractivity contribution in [1.82, 2.24) is 5.43 Å². The number of amides is 1. The molecule has 0 atom stereocenters. The Morgan fingerprint density at radius 3 is 2.46 bits per heavy atom. The van der Waals surface area contributed by atoms with E-state index < -0.39 is 0 Å². The van der Waals surface area contributed by atoms with Crippen molar-refractivity contribution in [2.45, 2.75) is 40.2 Å². The van der Waals surface area contributed by atoms with Gasteiger partial charge in [0.1, 0.15) is 11.5 Å². The summed E-state index contributed by atoms with van der Waals surface area (Å²) in [7, 11) is 0. The van der Waals surface area contributed by atoms with Crippen molar-refractivity contribution in [3.05, 3.63) is 59.7 Å². The summed E-state index contributed by atoms with van der Waals surface area (Å²) in [6.07, 6.45) is 1.00. The highest BCUT2D eigenvalue weighted by atomic mass is 16.5. The van der Waals surface area contributed by atoms with Gasteiger partial charge in [-0.2, -0.15) is 5.10 Å². The van der Waals surface area contributed by atoms with Crippen molar-refractivity contribution in [3.63, 3.8) is 0 Å². The lowest BCUT2D eigenvalue weighted by molar-refractivity contribution is 0.0954. The second kappa shape index (κ2) is 9.61. The van der Waals surface area contributed by atoms with Gasteiger partial charge in [0.2, 0.25) is 0 Å². The summed E-state index contributed by atoms with van der Waals surface area (Å²) >= 11 is 0. The maximum absolute atomic E-state index is 12.3. The largest absolute Gasteiger partial charge is 0.494 e. The summed E-state index contributed by atoms with van der Waals surface area (Å²) in [5, 5.41) is 4.22. The molecule has 0 heterocycles. The normalized spacial score (nSPS) is 11.3. The van der Waals surface area contributed by atoms with Crippen LogP contribution in [0.15, 0.2) is 53.6 Å². The molecule has 1 N–H and O–H groups in total. The SMILES string of the molecule is CCCOc1ccc(C(=O)N/N=C(/C)c2ccccc2OC(C)C)cc1. The van der Waals surface area contributed by atoms with E-state index in [9.17, 15) is 4.79 Å². The van der Waals surface area contributed by atoms with Gasteiger partial charge in [0.15, 0.2) is 0 Å². The molecule has 0 aliphatic carbocycles. The lowest BCUT2D eigenvalue weighted by atomic mass is 10.1. The van der Waals surface area contributed by atoms with Crippen molar-refractivity contribution in [2.24, 2.45) is 5.10 Å². The highest BCUT2D eigenvalue weighted by Gasteiger charge is 2.09. The molecule has 2 rings (SSSR count). The number of para-hydroxylation sites is 1. The number of hydrogen-bond donors (Lipinski definition) is 1. The van der Waals surface area contributed by atoms with E-state index in [-0.39, 0.29) is 12.0 Å².